The maximum Gasteiger partial charge on any atom is 0.264 e. The van der Waals surface area contributed by atoms with Crippen molar-refractivity contribution in [2.45, 2.75) is 69.0 Å². The summed E-state index contributed by atoms with van der Waals surface area (Å²) in [6, 6.07) is 27.1. The standard InChI is InChI=1S/C38H42FN3O5S/c1-28-17-19-32(20-18-28)42(48(45,46)34-23-21-33(47-2)22-24-34)27-37(43)41(26-30-13-9-10-16-35(30)39)36(25-29-11-5-3-6-12-29)38(44)40-31-14-7-4-8-15-31/h3,5-6,9-13,16-24,31,36H,4,7-8,14-15,25-27H2,1-2H3,(H,40,44). The molecule has 4 aromatic carbocycles. The third-order valence-corrected chi connectivity index (χ3v) is 10.6. The van der Waals surface area contributed by atoms with E-state index in [1.807, 2.05) is 37.3 Å². The quantitative estimate of drug-likeness (QED) is 0.177. The summed E-state index contributed by atoms with van der Waals surface area (Å²) in [6.07, 6.45) is 4.95. The summed E-state index contributed by atoms with van der Waals surface area (Å²) in [5.74, 6) is -1.04. The predicted molar refractivity (Wildman–Crippen MR) is 185 cm³/mol. The third kappa shape index (κ3) is 8.60. The van der Waals surface area contributed by atoms with Gasteiger partial charge in [0.2, 0.25) is 11.8 Å². The van der Waals surface area contributed by atoms with Gasteiger partial charge in [0.15, 0.2) is 0 Å². The Morgan fingerprint density at radius 3 is 2.17 bits per heavy atom. The molecule has 0 spiro atoms. The largest absolute Gasteiger partial charge is 0.497 e. The van der Waals surface area contributed by atoms with Crippen molar-refractivity contribution in [3.05, 3.63) is 126 Å². The van der Waals surface area contributed by atoms with Crippen molar-refractivity contribution >= 4 is 27.5 Å². The Morgan fingerprint density at radius 2 is 1.52 bits per heavy atom. The minimum absolute atomic E-state index is 0.0329. The monoisotopic (exact) mass is 671 g/mol. The Bertz CT molecular complexity index is 1780. The Morgan fingerprint density at radius 1 is 0.875 bits per heavy atom. The summed E-state index contributed by atoms with van der Waals surface area (Å²) in [7, 11) is -2.79. The number of sulfonamides is 1. The molecular formula is C38H42FN3O5S. The van der Waals surface area contributed by atoms with Crippen molar-refractivity contribution in [2.24, 2.45) is 0 Å². The number of nitrogens with one attached hydrogen (secondary N) is 1. The average Bonchev–Trinajstić information content (AvgIpc) is 3.10. The van der Waals surface area contributed by atoms with Gasteiger partial charge in [-0.2, -0.15) is 0 Å². The summed E-state index contributed by atoms with van der Waals surface area (Å²) in [5, 5.41) is 3.16. The number of aryl methyl sites for hydroxylation is 1. The van der Waals surface area contributed by atoms with Crippen LogP contribution in [0.2, 0.25) is 0 Å². The van der Waals surface area contributed by atoms with Crippen molar-refractivity contribution in [1.82, 2.24) is 10.2 Å². The van der Waals surface area contributed by atoms with Crippen molar-refractivity contribution in [3.63, 3.8) is 0 Å². The molecule has 1 aliphatic rings. The number of halogens is 1. The lowest BCUT2D eigenvalue weighted by Gasteiger charge is -2.35. The number of hydrogen-bond donors (Lipinski definition) is 1. The zero-order chi connectivity index (χ0) is 34.1. The van der Waals surface area contributed by atoms with E-state index < -0.39 is 34.3 Å². The zero-order valence-electron chi connectivity index (χ0n) is 27.3. The van der Waals surface area contributed by atoms with Gasteiger partial charge in [0.25, 0.3) is 10.0 Å². The van der Waals surface area contributed by atoms with E-state index in [0.717, 1.165) is 47.5 Å². The summed E-state index contributed by atoms with van der Waals surface area (Å²) in [5.41, 5.74) is 2.22. The van der Waals surface area contributed by atoms with Gasteiger partial charge in [0, 0.05) is 24.6 Å². The van der Waals surface area contributed by atoms with E-state index in [1.54, 1.807) is 42.5 Å². The fraction of sp³-hybridized carbons (Fsp3) is 0.316. The van der Waals surface area contributed by atoms with E-state index in [2.05, 4.69) is 5.32 Å². The number of ether oxygens (including phenoxy) is 1. The average molecular weight is 672 g/mol. The number of nitrogens with zero attached hydrogens (tertiary/aromatic N) is 2. The second kappa shape index (κ2) is 15.9. The molecule has 0 aromatic heterocycles. The van der Waals surface area contributed by atoms with E-state index in [9.17, 15) is 18.0 Å². The Hall–Kier alpha value is -4.70. The highest BCUT2D eigenvalue weighted by molar-refractivity contribution is 7.92. The molecule has 1 fully saturated rings. The van der Waals surface area contributed by atoms with Crippen LogP contribution in [0.4, 0.5) is 10.1 Å². The molecule has 10 heteroatoms. The molecule has 4 aromatic rings. The fourth-order valence-corrected chi connectivity index (χ4v) is 7.44. The summed E-state index contributed by atoms with van der Waals surface area (Å²) in [4.78, 5) is 30.1. The van der Waals surface area contributed by atoms with Gasteiger partial charge in [0.05, 0.1) is 17.7 Å². The molecule has 5 rings (SSSR count). The molecule has 0 heterocycles. The fourth-order valence-electron chi connectivity index (χ4n) is 6.02. The first-order valence-corrected chi connectivity index (χ1v) is 17.7. The number of rotatable bonds is 13. The van der Waals surface area contributed by atoms with Gasteiger partial charge in [-0.1, -0.05) is 85.5 Å². The molecule has 0 saturated heterocycles. The van der Waals surface area contributed by atoms with Crippen LogP contribution in [0, 0.1) is 12.7 Å². The number of hydrogen-bond acceptors (Lipinski definition) is 5. The maximum atomic E-state index is 15.2. The smallest absolute Gasteiger partial charge is 0.264 e. The van der Waals surface area contributed by atoms with E-state index >= 15 is 4.39 Å². The first kappa shape index (κ1) is 34.6. The number of methoxy groups -OCH3 is 1. The molecule has 1 aliphatic carbocycles. The number of amides is 2. The number of carbonyl (C=O) groups is 2. The van der Waals surface area contributed by atoms with Crippen LogP contribution in [0.1, 0.15) is 48.8 Å². The minimum Gasteiger partial charge on any atom is -0.497 e. The number of carbonyl (C=O) groups excluding carboxylic acids is 2. The lowest BCUT2D eigenvalue weighted by Crippen LogP contribution is -2.55. The normalized spacial score (nSPS) is 14.1. The molecular weight excluding hydrogens is 629 g/mol. The van der Waals surface area contributed by atoms with E-state index in [1.165, 1.54) is 42.3 Å². The number of anilines is 1. The van der Waals surface area contributed by atoms with Crippen LogP contribution in [-0.2, 0) is 32.6 Å². The zero-order valence-corrected chi connectivity index (χ0v) is 28.2. The van der Waals surface area contributed by atoms with Gasteiger partial charge in [0.1, 0.15) is 24.2 Å². The van der Waals surface area contributed by atoms with Gasteiger partial charge in [-0.3, -0.25) is 13.9 Å². The Labute approximate surface area is 282 Å². The van der Waals surface area contributed by atoms with E-state index in [-0.39, 0.29) is 41.1 Å². The lowest BCUT2D eigenvalue weighted by atomic mass is 9.94. The highest BCUT2D eigenvalue weighted by atomic mass is 32.2. The second-order valence-electron chi connectivity index (χ2n) is 12.2. The first-order chi connectivity index (χ1) is 23.2. The van der Waals surface area contributed by atoms with Gasteiger partial charge in [-0.25, -0.2) is 12.8 Å². The number of benzene rings is 4. The molecule has 1 N–H and O–H groups in total. The van der Waals surface area contributed by atoms with Crippen LogP contribution in [-0.4, -0.2) is 50.9 Å². The molecule has 0 bridgehead atoms. The van der Waals surface area contributed by atoms with E-state index in [4.69, 9.17) is 4.74 Å². The highest BCUT2D eigenvalue weighted by Gasteiger charge is 2.35. The van der Waals surface area contributed by atoms with Gasteiger partial charge in [-0.05, 0) is 67.8 Å². The van der Waals surface area contributed by atoms with Gasteiger partial charge < -0.3 is 15.0 Å². The molecule has 0 aliphatic heterocycles. The van der Waals surface area contributed by atoms with Crippen LogP contribution < -0.4 is 14.4 Å². The van der Waals surface area contributed by atoms with Crippen molar-refractivity contribution in [3.8, 4) is 5.75 Å². The third-order valence-electron chi connectivity index (χ3n) is 8.77. The van der Waals surface area contributed by atoms with Crippen LogP contribution in [0.15, 0.2) is 108 Å². The summed E-state index contributed by atoms with van der Waals surface area (Å²) in [6.45, 7) is 1.03. The van der Waals surface area contributed by atoms with Crippen molar-refractivity contribution in [2.75, 3.05) is 18.0 Å². The molecule has 1 saturated carbocycles. The summed E-state index contributed by atoms with van der Waals surface area (Å²) < 4.78 is 49.9. The van der Waals surface area contributed by atoms with Gasteiger partial charge in [-0.15, -0.1) is 0 Å². The van der Waals surface area contributed by atoms with Crippen LogP contribution in [0.3, 0.4) is 0 Å². The lowest BCUT2D eigenvalue weighted by molar-refractivity contribution is -0.140. The molecule has 8 nitrogen and oxygen atoms in total. The van der Waals surface area contributed by atoms with Crippen LogP contribution in [0.5, 0.6) is 5.75 Å². The van der Waals surface area contributed by atoms with Crippen molar-refractivity contribution < 1.29 is 27.1 Å². The highest BCUT2D eigenvalue weighted by Crippen LogP contribution is 2.27. The SMILES string of the molecule is COc1ccc(S(=O)(=O)N(CC(=O)N(Cc2ccccc2F)C(Cc2ccccc2)C(=O)NC2CCCCC2)c2ccc(C)cc2)cc1. The molecule has 0 radical (unpaired) electrons. The minimum atomic E-state index is -4.27. The second-order valence-corrected chi connectivity index (χ2v) is 14.0. The van der Waals surface area contributed by atoms with Crippen LogP contribution >= 0.6 is 0 Å². The van der Waals surface area contributed by atoms with E-state index in [0.29, 0.717) is 5.75 Å². The molecule has 1 atom stereocenters. The van der Waals surface area contributed by atoms with Crippen molar-refractivity contribution in [1.29, 1.82) is 0 Å². The molecule has 1 unspecified atom stereocenters. The Kier molecular flexibility index (Phi) is 11.5. The molecule has 252 valence electrons. The summed E-state index contributed by atoms with van der Waals surface area (Å²) >= 11 is 0. The molecule has 48 heavy (non-hydrogen) atoms. The molecule has 2 amide bonds. The predicted octanol–water partition coefficient (Wildman–Crippen LogP) is 6.43. The topological polar surface area (TPSA) is 96.0 Å². The van der Waals surface area contributed by atoms with Gasteiger partial charge >= 0.3 is 0 Å². The Balaban J connectivity index is 1.56. The first-order valence-electron chi connectivity index (χ1n) is 16.3. The van der Waals surface area contributed by atoms with Crippen LogP contribution in [0.25, 0.3) is 0 Å². The maximum absolute atomic E-state index is 15.2.